The molecule has 2 aromatic heterocycles. The van der Waals surface area contributed by atoms with E-state index in [1.165, 1.54) is 11.3 Å². The molecule has 0 atom stereocenters. The zero-order chi connectivity index (χ0) is 9.97. The third kappa shape index (κ3) is 1.67. The van der Waals surface area contributed by atoms with Gasteiger partial charge in [0, 0.05) is 24.2 Å². The Balaban J connectivity index is 2.33. The minimum absolute atomic E-state index is 0.581. The zero-order valence-corrected chi connectivity index (χ0v) is 8.51. The Labute approximate surface area is 85.8 Å². The molecule has 0 amide bonds. The number of rotatable bonds is 2. The van der Waals surface area contributed by atoms with Gasteiger partial charge < -0.3 is 11.1 Å². The van der Waals surface area contributed by atoms with Crippen LogP contribution in [-0.4, -0.2) is 17.0 Å². The fraction of sp³-hybridized carbons (Fsp3) is 0.111. The normalized spacial score (nSPS) is 10.1. The molecule has 0 aliphatic rings. The summed E-state index contributed by atoms with van der Waals surface area (Å²) in [5, 5.41) is 5.46. The molecule has 0 aromatic carbocycles. The number of hydrogen-bond acceptors (Lipinski definition) is 5. The lowest BCUT2D eigenvalue weighted by atomic mass is 10.2. The average molecular weight is 206 g/mol. The maximum absolute atomic E-state index is 5.55. The van der Waals surface area contributed by atoms with Crippen LogP contribution in [0.5, 0.6) is 0 Å². The van der Waals surface area contributed by atoms with Crippen molar-refractivity contribution in [1.29, 1.82) is 0 Å². The van der Waals surface area contributed by atoms with Gasteiger partial charge >= 0.3 is 0 Å². The minimum atomic E-state index is 0.581. The number of anilines is 2. The molecule has 2 aromatic rings. The van der Waals surface area contributed by atoms with Gasteiger partial charge in [-0.3, -0.25) is 0 Å². The van der Waals surface area contributed by atoms with E-state index < -0.39 is 0 Å². The highest BCUT2D eigenvalue weighted by molar-refractivity contribution is 7.13. The highest BCUT2D eigenvalue weighted by Gasteiger charge is 2.02. The first-order valence-corrected chi connectivity index (χ1v) is 5.03. The van der Waals surface area contributed by atoms with Crippen LogP contribution in [-0.2, 0) is 0 Å². The van der Waals surface area contributed by atoms with Gasteiger partial charge in [-0.05, 0) is 12.1 Å². The molecule has 0 bridgehead atoms. The molecule has 0 aliphatic heterocycles. The summed E-state index contributed by atoms with van der Waals surface area (Å²) in [7, 11) is 1.84. The summed E-state index contributed by atoms with van der Waals surface area (Å²) in [5.41, 5.74) is 7.41. The molecular weight excluding hydrogens is 196 g/mol. The van der Waals surface area contributed by atoms with Crippen molar-refractivity contribution in [2.24, 2.45) is 0 Å². The second-order valence-corrected chi connectivity index (χ2v) is 3.64. The summed E-state index contributed by atoms with van der Waals surface area (Å²) in [4.78, 5) is 8.37. The van der Waals surface area contributed by atoms with Gasteiger partial charge in [-0.25, -0.2) is 9.97 Å². The minimum Gasteiger partial charge on any atom is -0.375 e. The Morgan fingerprint density at radius 1 is 1.43 bits per heavy atom. The predicted molar refractivity (Wildman–Crippen MR) is 59.3 cm³/mol. The fourth-order valence-corrected chi connectivity index (χ4v) is 1.69. The lowest BCUT2D eigenvalue weighted by molar-refractivity contribution is 1.28. The highest BCUT2D eigenvalue weighted by atomic mass is 32.1. The molecule has 72 valence electrons. The monoisotopic (exact) mass is 206 g/mol. The van der Waals surface area contributed by atoms with Crippen LogP contribution in [0.1, 0.15) is 0 Å². The van der Waals surface area contributed by atoms with Gasteiger partial charge in [0.1, 0.15) is 5.82 Å². The molecule has 0 aliphatic carbocycles. The Bertz CT molecular complexity index is 421. The van der Waals surface area contributed by atoms with Crippen molar-refractivity contribution in [2.75, 3.05) is 18.1 Å². The second kappa shape index (κ2) is 3.63. The molecule has 0 fully saturated rings. The van der Waals surface area contributed by atoms with Gasteiger partial charge in [0.05, 0.1) is 5.69 Å². The molecular formula is C9H10N4S. The SMILES string of the molecule is CNc1ccc(-c2csc(N)n2)cn1. The number of nitrogen functional groups attached to an aromatic ring is 1. The van der Waals surface area contributed by atoms with Gasteiger partial charge in [-0.2, -0.15) is 0 Å². The molecule has 5 heteroatoms. The van der Waals surface area contributed by atoms with Crippen LogP contribution in [0.25, 0.3) is 11.3 Å². The first-order valence-electron chi connectivity index (χ1n) is 4.15. The lowest BCUT2D eigenvalue weighted by Gasteiger charge is -1.99. The van der Waals surface area contributed by atoms with E-state index in [4.69, 9.17) is 5.73 Å². The molecule has 0 saturated carbocycles. The summed E-state index contributed by atoms with van der Waals surface area (Å²) in [5.74, 6) is 0.844. The van der Waals surface area contributed by atoms with Gasteiger partial charge in [0.25, 0.3) is 0 Å². The number of hydrogen-bond donors (Lipinski definition) is 2. The molecule has 0 saturated heterocycles. The number of aromatic nitrogens is 2. The van der Waals surface area contributed by atoms with E-state index in [0.717, 1.165) is 17.1 Å². The van der Waals surface area contributed by atoms with E-state index in [1.807, 2.05) is 24.6 Å². The van der Waals surface area contributed by atoms with Crippen molar-refractivity contribution in [2.45, 2.75) is 0 Å². The third-order valence-electron chi connectivity index (χ3n) is 1.84. The van der Waals surface area contributed by atoms with Gasteiger partial charge in [0.2, 0.25) is 0 Å². The first-order chi connectivity index (χ1) is 6.79. The summed E-state index contributed by atoms with van der Waals surface area (Å²) < 4.78 is 0. The maximum Gasteiger partial charge on any atom is 0.180 e. The van der Waals surface area contributed by atoms with Crippen LogP contribution < -0.4 is 11.1 Å². The number of thiazole rings is 1. The van der Waals surface area contributed by atoms with E-state index in [0.29, 0.717) is 5.13 Å². The molecule has 0 radical (unpaired) electrons. The van der Waals surface area contributed by atoms with Crippen molar-refractivity contribution in [3.05, 3.63) is 23.7 Å². The molecule has 0 unspecified atom stereocenters. The topological polar surface area (TPSA) is 63.8 Å². The molecule has 2 heterocycles. The van der Waals surface area contributed by atoms with Crippen molar-refractivity contribution >= 4 is 22.3 Å². The number of nitrogens with one attached hydrogen (secondary N) is 1. The van der Waals surface area contributed by atoms with E-state index in [2.05, 4.69) is 15.3 Å². The van der Waals surface area contributed by atoms with Crippen molar-refractivity contribution in [3.8, 4) is 11.3 Å². The third-order valence-corrected chi connectivity index (χ3v) is 2.51. The zero-order valence-electron chi connectivity index (χ0n) is 7.69. The van der Waals surface area contributed by atoms with Crippen molar-refractivity contribution in [3.63, 3.8) is 0 Å². The van der Waals surface area contributed by atoms with Crippen LogP contribution in [0, 0.1) is 0 Å². The molecule has 4 nitrogen and oxygen atoms in total. The van der Waals surface area contributed by atoms with Crippen LogP contribution >= 0.6 is 11.3 Å². The maximum atomic E-state index is 5.55. The fourth-order valence-electron chi connectivity index (χ4n) is 1.11. The molecule has 14 heavy (non-hydrogen) atoms. The summed E-state index contributed by atoms with van der Waals surface area (Å²) >= 11 is 1.43. The predicted octanol–water partition coefficient (Wildman–Crippen LogP) is 1.83. The number of nitrogens with zero attached hydrogens (tertiary/aromatic N) is 2. The largest absolute Gasteiger partial charge is 0.375 e. The number of pyridine rings is 1. The second-order valence-electron chi connectivity index (χ2n) is 2.75. The van der Waals surface area contributed by atoms with Crippen LogP contribution in [0.2, 0.25) is 0 Å². The smallest absolute Gasteiger partial charge is 0.180 e. The quantitative estimate of drug-likeness (QED) is 0.786. The molecule has 3 N–H and O–H groups in total. The van der Waals surface area contributed by atoms with Gasteiger partial charge in [-0.1, -0.05) is 0 Å². The van der Waals surface area contributed by atoms with E-state index >= 15 is 0 Å². The van der Waals surface area contributed by atoms with Gasteiger partial charge in [-0.15, -0.1) is 11.3 Å². The molecule has 2 rings (SSSR count). The van der Waals surface area contributed by atoms with Crippen LogP contribution in [0.4, 0.5) is 10.9 Å². The van der Waals surface area contributed by atoms with Crippen LogP contribution in [0.15, 0.2) is 23.7 Å². The average Bonchev–Trinajstić information content (AvgIpc) is 2.65. The first kappa shape index (κ1) is 8.96. The summed E-state index contributed by atoms with van der Waals surface area (Å²) in [6.45, 7) is 0. The van der Waals surface area contributed by atoms with E-state index in [9.17, 15) is 0 Å². The lowest BCUT2D eigenvalue weighted by Crippen LogP contribution is -1.91. The Morgan fingerprint density at radius 2 is 2.29 bits per heavy atom. The summed E-state index contributed by atoms with van der Waals surface area (Å²) in [6.07, 6.45) is 1.78. The Hall–Kier alpha value is -1.62. The van der Waals surface area contributed by atoms with E-state index in [-0.39, 0.29) is 0 Å². The summed E-state index contributed by atoms with van der Waals surface area (Å²) in [6, 6.07) is 3.87. The molecule has 0 spiro atoms. The number of nitrogens with two attached hydrogens (primary N) is 1. The van der Waals surface area contributed by atoms with Crippen LogP contribution in [0.3, 0.4) is 0 Å². The highest BCUT2D eigenvalue weighted by Crippen LogP contribution is 2.22. The standard InChI is InChI=1S/C9H10N4S/c1-11-8-3-2-6(4-12-8)7-5-14-9(10)13-7/h2-5H,1H3,(H2,10,13)(H,11,12). The van der Waals surface area contributed by atoms with Gasteiger partial charge in [0.15, 0.2) is 5.13 Å². The Morgan fingerprint density at radius 3 is 2.79 bits per heavy atom. The van der Waals surface area contributed by atoms with Crippen molar-refractivity contribution < 1.29 is 0 Å². The van der Waals surface area contributed by atoms with Crippen molar-refractivity contribution in [1.82, 2.24) is 9.97 Å². The Kier molecular flexibility index (Phi) is 2.32. The van der Waals surface area contributed by atoms with E-state index in [1.54, 1.807) is 6.20 Å².